The summed E-state index contributed by atoms with van der Waals surface area (Å²) in [4.78, 5) is -0.591. The van der Waals surface area contributed by atoms with Gasteiger partial charge in [-0.25, -0.2) is 21.1 Å². The third-order valence-corrected chi connectivity index (χ3v) is 6.86. The highest BCUT2D eigenvalue weighted by Crippen LogP contribution is 2.30. The number of benzene rings is 2. The zero-order valence-corrected chi connectivity index (χ0v) is 17.7. The molecule has 2 aromatic rings. The zero-order chi connectivity index (χ0) is 22.7. The van der Waals surface area contributed by atoms with Gasteiger partial charge in [0.2, 0.25) is 10.0 Å². The van der Waals surface area contributed by atoms with Gasteiger partial charge in [-0.15, -0.1) is 13.2 Å². The van der Waals surface area contributed by atoms with E-state index in [0.717, 1.165) is 34.6 Å². The molecule has 0 saturated carbocycles. The molecule has 0 bridgehead atoms. The summed E-state index contributed by atoms with van der Waals surface area (Å²) in [5.41, 5.74) is -0.0745. The van der Waals surface area contributed by atoms with Crippen LogP contribution >= 0.6 is 0 Å². The van der Waals surface area contributed by atoms with Crippen molar-refractivity contribution in [2.45, 2.75) is 23.1 Å². The molecule has 0 radical (unpaired) electrons. The van der Waals surface area contributed by atoms with Crippen molar-refractivity contribution in [3.63, 3.8) is 0 Å². The molecule has 0 spiro atoms. The van der Waals surface area contributed by atoms with Gasteiger partial charge in [0.05, 0.1) is 17.2 Å². The molecule has 2 rings (SSSR count). The number of anilines is 1. The number of hydrogen-bond acceptors (Lipinski definition) is 6. The van der Waals surface area contributed by atoms with E-state index in [1.54, 1.807) is 6.92 Å². The minimum Gasteiger partial charge on any atom is -0.492 e. The van der Waals surface area contributed by atoms with E-state index in [9.17, 15) is 30.0 Å². The lowest BCUT2D eigenvalue weighted by Gasteiger charge is -2.17. The minimum absolute atomic E-state index is 0.0443. The van der Waals surface area contributed by atoms with E-state index in [1.165, 1.54) is 26.2 Å². The summed E-state index contributed by atoms with van der Waals surface area (Å²) in [6.45, 7) is 1.85. The first kappa shape index (κ1) is 23.8. The highest BCUT2D eigenvalue weighted by atomic mass is 32.2. The van der Waals surface area contributed by atoms with E-state index < -0.39 is 32.2 Å². The van der Waals surface area contributed by atoms with Crippen molar-refractivity contribution in [1.29, 1.82) is 0 Å². The summed E-state index contributed by atoms with van der Waals surface area (Å²) in [6, 6.07) is 7.25. The molecule has 0 amide bonds. The maximum Gasteiger partial charge on any atom is 0.573 e. The number of sulfonamides is 2. The van der Waals surface area contributed by atoms with E-state index in [1.807, 2.05) is 0 Å². The Hall–Kier alpha value is -2.51. The number of nitrogens with one attached hydrogen (secondary N) is 1. The Labute approximate surface area is 172 Å². The van der Waals surface area contributed by atoms with Crippen LogP contribution in [0.2, 0.25) is 0 Å². The summed E-state index contributed by atoms with van der Waals surface area (Å²) >= 11 is 0. The van der Waals surface area contributed by atoms with Gasteiger partial charge in [-0.1, -0.05) is 0 Å². The molecule has 0 aliphatic heterocycles. The Morgan fingerprint density at radius 2 is 1.60 bits per heavy atom. The fraction of sp³-hybridized carbons (Fsp3) is 0.294. The molecular weight excluding hydrogens is 449 g/mol. The zero-order valence-electron chi connectivity index (χ0n) is 16.1. The van der Waals surface area contributed by atoms with Crippen molar-refractivity contribution >= 4 is 25.7 Å². The fourth-order valence-electron chi connectivity index (χ4n) is 2.28. The van der Waals surface area contributed by atoms with E-state index in [4.69, 9.17) is 4.74 Å². The number of halogens is 3. The van der Waals surface area contributed by atoms with Crippen molar-refractivity contribution in [3.8, 4) is 11.5 Å². The SMILES string of the molecule is CCOc1ccc(NS(=O)(=O)c2ccc(OC(F)(F)F)cc2)cc1S(=O)(=O)N(C)C. The van der Waals surface area contributed by atoms with Crippen LogP contribution in [0.4, 0.5) is 18.9 Å². The molecule has 8 nitrogen and oxygen atoms in total. The van der Waals surface area contributed by atoms with Gasteiger partial charge in [0.1, 0.15) is 16.4 Å². The summed E-state index contributed by atoms with van der Waals surface area (Å²) in [6.07, 6.45) is -4.91. The first-order valence-electron chi connectivity index (χ1n) is 8.34. The monoisotopic (exact) mass is 468 g/mol. The van der Waals surface area contributed by atoms with Crippen molar-refractivity contribution < 1.29 is 39.5 Å². The smallest absolute Gasteiger partial charge is 0.492 e. The van der Waals surface area contributed by atoms with Crippen LogP contribution in [-0.2, 0) is 20.0 Å². The summed E-state index contributed by atoms with van der Waals surface area (Å²) in [5.74, 6) is -0.537. The lowest BCUT2D eigenvalue weighted by Crippen LogP contribution is -2.23. The average molecular weight is 468 g/mol. The topological polar surface area (TPSA) is 102 Å². The molecule has 0 unspecified atom stereocenters. The molecule has 1 N–H and O–H groups in total. The molecule has 13 heteroatoms. The molecule has 0 fully saturated rings. The lowest BCUT2D eigenvalue weighted by molar-refractivity contribution is -0.274. The molecule has 30 heavy (non-hydrogen) atoms. The normalized spacial score (nSPS) is 12.6. The molecule has 0 aliphatic rings. The molecule has 0 heterocycles. The van der Waals surface area contributed by atoms with Gasteiger partial charge in [0.15, 0.2) is 0 Å². The van der Waals surface area contributed by atoms with Gasteiger partial charge in [-0.3, -0.25) is 4.72 Å². The van der Waals surface area contributed by atoms with Gasteiger partial charge in [-0.2, -0.15) is 0 Å². The lowest BCUT2D eigenvalue weighted by atomic mass is 10.3. The minimum atomic E-state index is -4.91. The van der Waals surface area contributed by atoms with E-state index in [2.05, 4.69) is 9.46 Å². The predicted molar refractivity (Wildman–Crippen MR) is 102 cm³/mol. The number of hydrogen-bond donors (Lipinski definition) is 1. The summed E-state index contributed by atoms with van der Waals surface area (Å²) < 4.78 is 99.0. The average Bonchev–Trinajstić information content (AvgIpc) is 2.61. The van der Waals surface area contributed by atoms with Crippen molar-refractivity contribution in [2.75, 3.05) is 25.4 Å². The van der Waals surface area contributed by atoms with Crippen molar-refractivity contribution in [2.24, 2.45) is 0 Å². The first-order valence-corrected chi connectivity index (χ1v) is 11.3. The van der Waals surface area contributed by atoms with Crippen LogP contribution in [0.15, 0.2) is 52.3 Å². The van der Waals surface area contributed by atoms with Crippen LogP contribution in [0.5, 0.6) is 11.5 Å². The summed E-state index contributed by atoms with van der Waals surface area (Å²) in [5, 5.41) is 0. The van der Waals surface area contributed by atoms with Crippen LogP contribution in [0, 0.1) is 0 Å². The second-order valence-corrected chi connectivity index (χ2v) is 9.81. The summed E-state index contributed by atoms with van der Waals surface area (Å²) in [7, 11) is -5.54. The quantitative estimate of drug-likeness (QED) is 0.639. The first-order chi connectivity index (χ1) is 13.8. The largest absolute Gasteiger partial charge is 0.573 e. The highest BCUT2D eigenvalue weighted by molar-refractivity contribution is 7.92. The molecule has 0 atom stereocenters. The Morgan fingerprint density at radius 1 is 1.00 bits per heavy atom. The molecule has 0 aliphatic carbocycles. The van der Waals surface area contributed by atoms with Crippen molar-refractivity contribution in [1.82, 2.24) is 4.31 Å². The number of nitrogens with zero attached hydrogens (tertiary/aromatic N) is 1. The predicted octanol–water partition coefficient (Wildman–Crippen LogP) is 3.04. The third kappa shape index (κ3) is 5.77. The Kier molecular flexibility index (Phi) is 6.89. The van der Waals surface area contributed by atoms with Crippen LogP contribution < -0.4 is 14.2 Å². The van der Waals surface area contributed by atoms with Gasteiger partial charge in [-0.05, 0) is 49.4 Å². The van der Waals surface area contributed by atoms with Gasteiger partial charge < -0.3 is 9.47 Å². The van der Waals surface area contributed by atoms with Gasteiger partial charge in [0, 0.05) is 14.1 Å². The highest BCUT2D eigenvalue weighted by Gasteiger charge is 2.31. The fourth-order valence-corrected chi connectivity index (χ4v) is 4.38. The second kappa shape index (κ2) is 8.70. The maximum atomic E-state index is 12.5. The standard InChI is InChI=1S/C17H19F3N2O6S2/c1-4-27-15-10-5-12(11-16(15)30(25,26)22(2)3)21-29(23,24)14-8-6-13(7-9-14)28-17(18,19)20/h5-11,21H,4H2,1-3H3. The van der Waals surface area contributed by atoms with Crippen LogP contribution in [0.25, 0.3) is 0 Å². The van der Waals surface area contributed by atoms with Crippen LogP contribution in [0.1, 0.15) is 6.92 Å². The van der Waals surface area contributed by atoms with E-state index in [0.29, 0.717) is 0 Å². The molecular formula is C17H19F3N2O6S2. The second-order valence-electron chi connectivity index (χ2n) is 6.01. The molecule has 0 aromatic heterocycles. The van der Waals surface area contributed by atoms with Gasteiger partial charge >= 0.3 is 6.36 Å². The number of ether oxygens (including phenoxy) is 2. The molecule has 166 valence electrons. The maximum absolute atomic E-state index is 12.5. The Morgan fingerprint density at radius 3 is 2.10 bits per heavy atom. The van der Waals surface area contributed by atoms with Gasteiger partial charge in [0.25, 0.3) is 10.0 Å². The third-order valence-electron chi connectivity index (χ3n) is 3.62. The Balaban J connectivity index is 2.37. The van der Waals surface area contributed by atoms with E-state index in [-0.39, 0.29) is 27.8 Å². The molecule has 0 saturated heterocycles. The van der Waals surface area contributed by atoms with E-state index >= 15 is 0 Å². The number of rotatable bonds is 8. The van der Waals surface area contributed by atoms with Crippen LogP contribution in [-0.4, -0.2) is 48.2 Å². The Bertz CT molecular complexity index is 1100. The van der Waals surface area contributed by atoms with Crippen molar-refractivity contribution in [3.05, 3.63) is 42.5 Å². The molecule has 2 aromatic carbocycles. The number of alkyl halides is 3. The van der Waals surface area contributed by atoms with Crippen LogP contribution in [0.3, 0.4) is 0 Å².